The molecule has 0 heterocycles. The molecule has 3 rings (SSSR count). The summed E-state index contributed by atoms with van der Waals surface area (Å²) in [5.41, 5.74) is 11.3. The van der Waals surface area contributed by atoms with E-state index in [1.54, 1.807) is 7.11 Å². The Morgan fingerprint density at radius 1 is 1.00 bits per heavy atom. The Labute approximate surface area is 171 Å². The van der Waals surface area contributed by atoms with Gasteiger partial charge in [-0.2, -0.15) is 0 Å². The maximum absolute atomic E-state index is 6.53. The van der Waals surface area contributed by atoms with Crippen molar-refractivity contribution in [2.45, 2.75) is 70.5 Å². The summed E-state index contributed by atoms with van der Waals surface area (Å²) in [6.07, 6.45) is 4.47. The molecule has 0 bridgehead atoms. The molecule has 0 fully saturated rings. The third-order valence-corrected chi connectivity index (χ3v) is 10.9. The molecule has 0 radical (unpaired) electrons. The van der Waals surface area contributed by atoms with Gasteiger partial charge in [0.25, 0.3) is 0 Å². The van der Waals surface area contributed by atoms with Crippen LogP contribution in [-0.2, 0) is 12.8 Å². The standard InChI is InChI=1S/C24H35NO2Si/c1-24(2,3)28(5,6)27-21-11-10-18-14-19(9-7-8-17(18)15-21)22-13-12-20(26-4)16-23(22)25/h10-13,15-16,19H,7-9,14,25H2,1-6H3. The van der Waals surface area contributed by atoms with E-state index in [4.69, 9.17) is 14.9 Å². The number of anilines is 1. The van der Waals surface area contributed by atoms with Gasteiger partial charge in [-0.1, -0.05) is 32.9 Å². The number of nitrogen functional groups attached to an aromatic ring is 1. The van der Waals surface area contributed by atoms with Gasteiger partial charge in [0.2, 0.25) is 8.32 Å². The van der Waals surface area contributed by atoms with Crippen LogP contribution < -0.4 is 14.9 Å². The van der Waals surface area contributed by atoms with E-state index < -0.39 is 8.32 Å². The molecule has 4 heteroatoms. The average molecular weight is 398 g/mol. The van der Waals surface area contributed by atoms with E-state index in [1.807, 2.05) is 12.1 Å². The second-order valence-corrected chi connectivity index (χ2v) is 14.3. The molecule has 3 nitrogen and oxygen atoms in total. The molecule has 2 aromatic rings. The van der Waals surface area contributed by atoms with E-state index in [2.05, 4.69) is 58.1 Å². The van der Waals surface area contributed by atoms with Gasteiger partial charge in [0.15, 0.2) is 0 Å². The quantitative estimate of drug-likeness (QED) is 0.373. The zero-order chi connectivity index (χ0) is 20.5. The number of nitrogens with two attached hydrogens (primary N) is 1. The SMILES string of the molecule is COc1ccc(C2CCCc3cc(O[Si](C)(C)C(C)(C)C)ccc3C2)c(N)c1. The van der Waals surface area contributed by atoms with Crippen LogP contribution in [0.4, 0.5) is 5.69 Å². The topological polar surface area (TPSA) is 44.5 Å². The van der Waals surface area contributed by atoms with E-state index in [1.165, 1.54) is 23.1 Å². The molecule has 0 spiro atoms. The fraction of sp³-hybridized carbons (Fsp3) is 0.500. The van der Waals surface area contributed by atoms with Gasteiger partial charge in [0.1, 0.15) is 11.5 Å². The maximum Gasteiger partial charge on any atom is 0.250 e. The molecule has 0 amide bonds. The van der Waals surface area contributed by atoms with Gasteiger partial charge in [-0.15, -0.1) is 0 Å². The zero-order valence-electron chi connectivity index (χ0n) is 18.3. The van der Waals surface area contributed by atoms with Crippen LogP contribution in [0.5, 0.6) is 11.5 Å². The van der Waals surface area contributed by atoms with E-state index in [-0.39, 0.29) is 5.04 Å². The molecule has 28 heavy (non-hydrogen) atoms. The van der Waals surface area contributed by atoms with Crippen molar-refractivity contribution in [2.75, 3.05) is 12.8 Å². The Balaban J connectivity index is 1.83. The first-order valence-corrected chi connectivity index (χ1v) is 13.3. The summed E-state index contributed by atoms with van der Waals surface area (Å²) in [6, 6.07) is 12.8. The van der Waals surface area contributed by atoms with Crippen LogP contribution in [0.15, 0.2) is 36.4 Å². The number of benzene rings is 2. The van der Waals surface area contributed by atoms with Crippen molar-refractivity contribution in [1.82, 2.24) is 0 Å². The molecular formula is C24H35NO2Si. The van der Waals surface area contributed by atoms with Crippen molar-refractivity contribution in [3.05, 3.63) is 53.1 Å². The van der Waals surface area contributed by atoms with Crippen molar-refractivity contribution in [1.29, 1.82) is 0 Å². The largest absolute Gasteiger partial charge is 0.543 e. The highest BCUT2D eigenvalue weighted by Gasteiger charge is 2.39. The molecule has 2 N–H and O–H groups in total. The highest BCUT2D eigenvalue weighted by Crippen LogP contribution is 2.39. The summed E-state index contributed by atoms with van der Waals surface area (Å²) < 4.78 is 11.8. The van der Waals surface area contributed by atoms with Crippen molar-refractivity contribution in [2.24, 2.45) is 0 Å². The lowest BCUT2D eigenvalue weighted by molar-refractivity contribution is 0.414. The van der Waals surface area contributed by atoms with Crippen LogP contribution in [0.25, 0.3) is 0 Å². The number of fused-ring (bicyclic) bond motifs is 1. The molecular weight excluding hydrogens is 362 g/mol. The van der Waals surface area contributed by atoms with Crippen molar-refractivity contribution < 1.29 is 9.16 Å². The van der Waals surface area contributed by atoms with Gasteiger partial charge in [-0.05, 0) is 84.6 Å². The Morgan fingerprint density at radius 3 is 2.36 bits per heavy atom. The van der Waals surface area contributed by atoms with Gasteiger partial charge >= 0.3 is 0 Å². The minimum atomic E-state index is -1.81. The summed E-state index contributed by atoms with van der Waals surface area (Å²) in [4.78, 5) is 0. The number of rotatable bonds is 4. The predicted octanol–water partition coefficient (Wildman–Crippen LogP) is 6.32. The summed E-state index contributed by atoms with van der Waals surface area (Å²) in [6.45, 7) is 11.5. The van der Waals surface area contributed by atoms with Gasteiger partial charge < -0.3 is 14.9 Å². The summed E-state index contributed by atoms with van der Waals surface area (Å²) >= 11 is 0. The monoisotopic (exact) mass is 397 g/mol. The first-order chi connectivity index (χ1) is 13.1. The van der Waals surface area contributed by atoms with Crippen LogP contribution in [0.3, 0.4) is 0 Å². The van der Waals surface area contributed by atoms with Gasteiger partial charge in [0, 0.05) is 11.8 Å². The Hall–Kier alpha value is -1.94. The lowest BCUT2D eigenvalue weighted by Gasteiger charge is -2.36. The second kappa shape index (κ2) is 7.82. The van der Waals surface area contributed by atoms with Gasteiger partial charge in [-0.25, -0.2) is 0 Å². The fourth-order valence-electron chi connectivity index (χ4n) is 3.77. The molecule has 2 aromatic carbocycles. The third kappa shape index (κ3) is 4.38. The van der Waals surface area contributed by atoms with Crippen LogP contribution in [0, 0.1) is 0 Å². The lowest BCUT2D eigenvalue weighted by Crippen LogP contribution is -2.43. The van der Waals surface area contributed by atoms with Crippen molar-refractivity contribution in [3.8, 4) is 11.5 Å². The molecule has 0 aromatic heterocycles. The van der Waals surface area contributed by atoms with Gasteiger partial charge in [-0.3, -0.25) is 0 Å². The van der Waals surface area contributed by atoms with Crippen LogP contribution >= 0.6 is 0 Å². The normalized spacial score (nSPS) is 17.6. The van der Waals surface area contributed by atoms with Gasteiger partial charge in [0.05, 0.1) is 7.11 Å². The Morgan fingerprint density at radius 2 is 1.71 bits per heavy atom. The van der Waals surface area contributed by atoms with Crippen LogP contribution in [0.2, 0.25) is 18.1 Å². The molecule has 152 valence electrons. The molecule has 1 unspecified atom stereocenters. The number of methoxy groups -OCH3 is 1. The highest BCUT2D eigenvalue weighted by molar-refractivity contribution is 6.74. The Kier molecular flexibility index (Phi) is 5.81. The molecule has 1 aliphatic rings. The van der Waals surface area contributed by atoms with Crippen molar-refractivity contribution in [3.63, 3.8) is 0 Å². The van der Waals surface area contributed by atoms with E-state index in [9.17, 15) is 0 Å². The van der Waals surface area contributed by atoms with E-state index >= 15 is 0 Å². The smallest absolute Gasteiger partial charge is 0.250 e. The third-order valence-electron chi connectivity index (χ3n) is 6.56. The molecule has 0 saturated carbocycles. The number of ether oxygens (including phenoxy) is 1. The average Bonchev–Trinajstić information content (AvgIpc) is 2.82. The minimum Gasteiger partial charge on any atom is -0.543 e. The lowest BCUT2D eigenvalue weighted by atomic mass is 9.89. The highest BCUT2D eigenvalue weighted by atomic mass is 28.4. The predicted molar refractivity (Wildman–Crippen MR) is 121 cm³/mol. The molecule has 0 saturated heterocycles. The summed E-state index contributed by atoms with van der Waals surface area (Å²) in [5, 5.41) is 0.205. The molecule has 0 aliphatic heterocycles. The van der Waals surface area contributed by atoms with E-state index in [0.29, 0.717) is 5.92 Å². The van der Waals surface area contributed by atoms with Crippen LogP contribution in [-0.4, -0.2) is 15.4 Å². The van der Waals surface area contributed by atoms with Crippen molar-refractivity contribution >= 4 is 14.0 Å². The number of hydrogen-bond donors (Lipinski definition) is 1. The number of hydrogen-bond acceptors (Lipinski definition) is 3. The van der Waals surface area contributed by atoms with Crippen LogP contribution in [0.1, 0.15) is 56.2 Å². The Bertz CT molecular complexity index is 839. The summed E-state index contributed by atoms with van der Waals surface area (Å²) in [5.74, 6) is 2.31. The number of aryl methyl sites for hydroxylation is 1. The summed E-state index contributed by atoms with van der Waals surface area (Å²) in [7, 11) is -0.134. The van der Waals surface area contributed by atoms with E-state index in [0.717, 1.165) is 36.4 Å². The molecule has 1 aliphatic carbocycles. The second-order valence-electron chi connectivity index (χ2n) is 9.58. The minimum absolute atomic E-state index is 0.205. The fourth-order valence-corrected chi connectivity index (χ4v) is 4.79. The first kappa shape index (κ1) is 20.8. The zero-order valence-corrected chi connectivity index (χ0v) is 19.3. The maximum atomic E-state index is 6.53. The molecule has 1 atom stereocenters. The first-order valence-electron chi connectivity index (χ1n) is 10.3.